The number of unbranched alkanes of at least 4 members (excludes halogenated alkanes) is 1. The smallest absolute Gasteiger partial charge is 0.355 e. The predicted octanol–water partition coefficient (Wildman–Crippen LogP) is 3.62. The largest absolute Gasteiger partial charge is 0.461 e. The van der Waals surface area contributed by atoms with Gasteiger partial charge in [-0.2, -0.15) is 5.26 Å². The summed E-state index contributed by atoms with van der Waals surface area (Å²) >= 11 is 0. The molecule has 1 aromatic carbocycles. The summed E-state index contributed by atoms with van der Waals surface area (Å²) in [5.74, 6) is -0.536. The van der Waals surface area contributed by atoms with Gasteiger partial charge in [-0.25, -0.2) is 4.79 Å². The van der Waals surface area contributed by atoms with Crippen LogP contribution in [0.4, 0.5) is 0 Å². The fraction of sp³-hybridized carbons (Fsp3) is 0.316. The molecule has 0 aliphatic heterocycles. The number of carbonyl (C=O) groups is 2. The number of hydrogen-bond donors (Lipinski definition) is 1. The molecule has 0 saturated heterocycles. The van der Waals surface area contributed by atoms with Gasteiger partial charge in [0.15, 0.2) is 5.78 Å². The van der Waals surface area contributed by atoms with Gasteiger partial charge < -0.3 is 9.72 Å². The maximum Gasteiger partial charge on any atom is 0.355 e. The van der Waals surface area contributed by atoms with Crippen LogP contribution in [0.3, 0.4) is 0 Å². The third kappa shape index (κ3) is 2.41. The number of esters is 1. The molecule has 3 rings (SSSR count). The van der Waals surface area contributed by atoms with Gasteiger partial charge in [0.05, 0.1) is 29.5 Å². The minimum Gasteiger partial charge on any atom is -0.461 e. The number of benzene rings is 1. The topological polar surface area (TPSA) is 83.0 Å². The Hall–Kier alpha value is -2.87. The molecule has 5 heteroatoms. The summed E-state index contributed by atoms with van der Waals surface area (Å²) in [4.78, 5) is 28.2. The van der Waals surface area contributed by atoms with E-state index < -0.39 is 5.97 Å². The SMILES string of the molecule is CCCCc1c(C(=O)OCC)[nH]c2c1C(=O)c1ccc(C#N)cc1-2. The lowest BCUT2D eigenvalue weighted by atomic mass is 10.0. The van der Waals surface area contributed by atoms with E-state index in [4.69, 9.17) is 10.00 Å². The zero-order valence-electron chi connectivity index (χ0n) is 13.7. The van der Waals surface area contributed by atoms with Gasteiger partial charge in [0.25, 0.3) is 0 Å². The van der Waals surface area contributed by atoms with Crippen molar-refractivity contribution in [3.63, 3.8) is 0 Å². The van der Waals surface area contributed by atoms with Crippen molar-refractivity contribution in [3.05, 3.63) is 46.1 Å². The number of rotatable bonds is 5. The lowest BCUT2D eigenvalue weighted by Gasteiger charge is -2.06. The van der Waals surface area contributed by atoms with E-state index >= 15 is 0 Å². The molecule has 2 aromatic rings. The molecular formula is C19H18N2O3. The molecule has 122 valence electrons. The number of nitrogens with zero attached hydrogens (tertiary/aromatic N) is 1. The summed E-state index contributed by atoms with van der Waals surface area (Å²) in [6, 6.07) is 7.09. The highest BCUT2D eigenvalue weighted by Gasteiger charge is 2.35. The maximum absolute atomic E-state index is 12.8. The maximum atomic E-state index is 12.8. The fourth-order valence-corrected chi connectivity index (χ4v) is 3.13. The first kappa shape index (κ1) is 16.0. The van der Waals surface area contributed by atoms with Gasteiger partial charge in [-0.15, -0.1) is 0 Å². The first-order valence-corrected chi connectivity index (χ1v) is 8.13. The molecule has 1 aliphatic carbocycles. The molecule has 5 nitrogen and oxygen atoms in total. The normalized spacial score (nSPS) is 11.8. The molecule has 0 spiro atoms. The summed E-state index contributed by atoms with van der Waals surface area (Å²) in [6.07, 6.45) is 2.48. The molecule has 0 fully saturated rings. The highest BCUT2D eigenvalue weighted by Crippen LogP contribution is 2.40. The van der Waals surface area contributed by atoms with Crippen molar-refractivity contribution in [3.8, 4) is 17.3 Å². The van der Waals surface area contributed by atoms with Gasteiger partial charge >= 0.3 is 5.97 Å². The van der Waals surface area contributed by atoms with Crippen LogP contribution in [0.2, 0.25) is 0 Å². The lowest BCUT2D eigenvalue weighted by Crippen LogP contribution is -2.10. The summed E-state index contributed by atoms with van der Waals surface area (Å²) in [5, 5.41) is 9.10. The number of ether oxygens (including phenoxy) is 1. The summed E-state index contributed by atoms with van der Waals surface area (Å²) < 4.78 is 5.12. The highest BCUT2D eigenvalue weighted by molar-refractivity contribution is 6.23. The number of aromatic amines is 1. The number of nitriles is 1. The van der Waals surface area contributed by atoms with Crippen LogP contribution in [0.1, 0.15) is 64.2 Å². The number of fused-ring (bicyclic) bond motifs is 3. The highest BCUT2D eigenvalue weighted by atomic mass is 16.5. The molecule has 0 unspecified atom stereocenters. The number of aromatic nitrogens is 1. The van der Waals surface area contributed by atoms with Crippen LogP contribution < -0.4 is 0 Å². The molecule has 1 aliphatic rings. The van der Waals surface area contributed by atoms with Gasteiger partial charge in [0.2, 0.25) is 0 Å². The van der Waals surface area contributed by atoms with Gasteiger partial charge in [-0.1, -0.05) is 13.3 Å². The Balaban J connectivity index is 2.18. The predicted molar refractivity (Wildman–Crippen MR) is 88.9 cm³/mol. The van der Waals surface area contributed by atoms with Crippen molar-refractivity contribution in [2.24, 2.45) is 0 Å². The van der Waals surface area contributed by atoms with Crippen molar-refractivity contribution in [2.75, 3.05) is 6.61 Å². The van der Waals surface area contributed by atoms with Gasteiger partial charge in [0, 0.05) is 11.1 Å². The molecule has 1 N–H and O–H groups in total. The van der Waals surface area contributed by atoms with Crippen LogP contribution in [-0.2, 0) is 11.2 Å². The second-order valence-electron chi connectivity index (χ2n) is 5.75. The van der Waals surface area contributed by atoms with Crippen molar-refractivity contribution in [1.29, 1.82) is 5.26 Å². The monoisotopic (exact) mass is 322 g/mol. The zero-order valence-corrected chi connectivity index (χ0v) is 13.7. The first-order valence-electron chi connectivity index (χ1n) is 8.13. The Morgan fingerprint density at radius 2 is 2.08 bits per heavy atom. The van der Waals surface area contributed by atoms with Crippen LogP contribution in [-0.4, -0.2) is 23.3 Å². The Kier molecular flexibility index (Phi) is 4.22. The molecule has 0 atom stereocenters. The van der Waals surface area contributed by atoms with E-state index in [0.717, 1.165) is 18.4 Å². The van der Waals surface area contributed by atoms with Crippen molar-refractivity contribution < 1.29 is 14.3 Å². The quantitative estimate of drug-likeness (QED) is 0.727. The Morgan fingerprint density at radius 1 is 1.29 bits per heavy atom. The zero-order chi connectivity index (χ0) is 17.3. The minimum atomic E-state index is -0.441. The average molecular weight is 322 g/mol. The van der Waals surface area contributed by atoms with Crippen LogP contribution >= 0.6 is 0 Å². The van der Waals surface area contributed by atoms with Crippen molar-refractivity contribution in [2.45, 2.75) is 33.1 Å². The fourth-order valence-electron chi connectivity index (χ4n) is 3.13. The number of nitrogens with one attached hydrogen (secondary N) is 1. The minimum absolute atomic E-state index is 0.0950. The Morgan fingerprint density at radius 3 is 2.75 bits per heavy atom. The lowest BCUT2D eigenvalue weighted by molar-refractivity contribution is 0.0519. The molecule has 24 heavy (non-hydrogen) atoms. The molecule has 0 saturated carbocycles. The van der Waals surface area contributed by atoms with Gasteiger partial charge in [-0.3, -0.25) is 4.79 Å². The summed E-state index contributed by atoms with van der Waals surface area (Å²) in [7, 11) is 0. The van der Waals surface area contributed by atoms with E-state index in [9.17, 15) is 9.59 Å². The molecular weight excluding hydrogens is 304 g/mol. The molecule has 0 amide bonds. The van der Waals surface area contributed by atoms with E-state index in [1.807, 2.05) is 0 Å². The second kappa shape index (κ2) is 6.32. The average Bonchev–Trinajstić information content (AvgIpc) is 3.09. The summed E-state index contributed by atoms with van der Waals surface area (Å²) in [5.41, 5.74) is 4.00. The summed E-state index contributed by atoms with van der Waals surface area (Å²) in [6.45, 7) is 4.09. The Labute approximate surface area is 140 Å². The Bertz CT molecular complexity index is 871. The number of H-pyrrole nitrogens is 1. The standard InChI is InChI=1S/C19H18N2O3/c1-3-5-6-13-15-16(21-17(13)19(23)24-4-2)14-9-11(10-20)7-8-12(14)18(15)22/h7-9,21H,3-6H2,1-2H3. The van der Waals surface area contributed by atoms with E-state index in [1.165, 1.54) is 0 Å². The first-order chi connectivity index (χ1) is 11.6. The molecule has 0 bridgehead atoms. The van der Waals surface area contributed by atoms with Crippen molar-refractivity contribution >= 4 is 11.8 Å². The van der Waals surface area contributed by atoms with Gasteiger partial charge in [0.1, 0.15) is 5.69 Å². The number of hydrogen-bond acceptors (Lipinski definition) is 4. The van der Waals surface area contributed by atoms with E-state index in [1.54, 1.807) is 25.1 Å². The molecule has 1 heterocycles. The number of carbonyl (C=O) groups excluding carboxylic acids is 2. The number of ketones is 1. The van der Waals surface area contributed by atoms with E-state index in [2.05, 4.69) is 18.0 Å². The van der Waals surface area contributed by atoms with Crippen LogP contribution in [0.5, 0.6) is 0 Å². The third-order valence-electron chi connectivity index (χ3n) is 4.25. The van der Waals surface area contributed by atoms with E-state index in [-0.39, 0.29) is 12.4 Å². The van der Waals surface area contributed by atoms with Crippen LogP contribution in [0, 0.1) is 11.3 Å². The van der Waals surface area contributed by atoms with Gasteiger partial charge in [-0.05, 0) is 43.5 Å². The molecule has 1 aromatic heterocycles. The van der Waals surface area contributed by atoms with Crippen molar-refractivity contribution in [1.82, 2.24) is 4.98 Å². The van der Waals surface area contributed by atoms with Crippen LogP contribution in [0.25, 0.3) is 11.3 Å². The van der Waals surface area contributed by atoms with E-state index in [0.29, 0.717) is 40.1 Å². The second-order valence-corrected chi connectivity index (χ2v) is 5.75. The third-order valence-corrected chi connectivity index (χ3v) is 4.25. The van der Waals surface area contributed by atoms with Crippen LogP contribution in [0.15, 0.2) is 18.2 Å². The molecule has 0 radical (unpaired) electrons.